The van der Waals surface area contributed by atoms with Gasteiger partial charge in [0, 0.05) is 19.1 Å². The highest BCUT2D eigenvalue weighted by Gasteiger charge is 2.25. The van der Waals surface area contributed by atoms with E-state index in [4.69, 9.17) is 5.73 Å². The third-order valence-corrected chi connectivity index (χ3v) is 3.53. The molecule has 0 fully saturated rings. The molecule has 0 atom stereocenters. The van der Waals surface area contributed by atoms with Crippen molar-refractivity contribution in [1.29, 1.82) is 0 Å². The predicted octanol–water partition coefficient (Wildman–Crippen LogP) is 0.966. The van der Waals surface area contributed by atoms with Gasteiger partial charge in [-0.25, -0.2) is 4.68 Å². The van der Waals surface area contributed by atoms with E-state index in [0.717, 1.165) is 42.7 Å². The molecular weight excluding hydrogens is 242 g/mol. The van der Waals surface area contributed by atoms with Crippen LogP contribution < -0.4 is 10.6 Å². The van der Waals surface area contributed by atoms with Crippen molar-refractivity contribution in [2.24, 2.45) is 0 Å². The van der Waals surface area contributed by atoms with Gasteiger partial charge in [-0.2, -0.15) is 5.10 Å². The normalized spacial score (nSPS) is 15.1. The van der Waals surface area contributed by atoms with E-state index >= 15 is 0 Å². The van der Waals surface area contributed by atoms with Crippen molar-refractivity contribution >= 4 is 11.5 Å². The van der Waals surface area contributed by atoms with Crippen molar-refractivity contribution in [3.05, 3.63) is 17.8 Å². The number of nitrogen functional groups attached to an aromatic ring is 1. The lowest BCUT2D eigenvalue weighted by atomic mass is 10.3. The summed E-state index contributed by atoms with van der Waals surface area (Å²) in [5.74, 6) is 1.97. The number of rotatable bonds is 2. The molecule has 3 heterocycles. The van der Waals surface area contributed by atoms with E-state index in [1.54, 1.807) is 6.33 Å². The Hall–Kier alpha value is -2.05. The second-order valence-corrected chi connectivity index (χ2v) is 5.22. The lowest BCUT2D eigenvalue weighted by molar-refractivity contribution is 0.497. The van der Waals surface area contributed by atoms with E-state index < -0.39 is 0 Å². The largest absolute Gasteiger partial charge is 0.394 e. The minimum atomic E-state index is 0.283. The third kappa shape index (κ3) is 1.85. The maximum absolute atomic E-state index is 6.20. The van der Waals surface area contributed by atoms with Crippen molar-refractivity contribution in [3.8, 4) is 0 Å². The SMILES string of the molecule is Cc1nn(C(C)C)c(N2CCn3cnnc3C2)c1N. The lowest BCUT2D eigenvalue weighted by Gasteiger charge is -2.30. The maximum atomic E-state index is 6.20. The smallest absolute Gasteiger partial charge is 0.152 e. The fourth-order valence-electron chi connectivity index (χ4n) is 2.47. The molecule has 2 aromatic rings. The summed E-state index contributed by atoms with van der Waals surface area (Å²) < 4.78 is 4.08. The van der Waals surface area contributed by atoms with Crippen LogP contribution in [0.1, 0.15) is 31.4 Å². The first-order valence-electron chi connectivity index (χ1n) is 6.54. The molecule has 2 N–H and O–H groups in total. The fraction of sp³-hybridized carbons (Fsp3) is 0.583. The standard InChI is InChI=1S/C12H19N7/c1-8(2)19-12(11(13)9(3)16-19)17-4-5-18-7-14-15-10(18)6-17/h7-8H,4-6,13H2,1-3H3. The van der Waals surface area contributed by atoms with E-state index in [1.165, 1.54) is 0 Å². The molecule has 0 bridgehead atoms. The third-order valence-electron chi connectivity index (χ3n) is 3.53. The minimum absolute atomic E-state index is 0.283. The van der Waals surface area contributed by atoms with Crippen molar-refractivity contribution in [2.75, 3.05) is 17.2 Å². The number of aryl methyl sites for hydroxylation is 1. The number of hydrogen-bond donors (Lipinski definition) is 1. The number of anilines is 2. The van der Waals surface area contributed by atoms with Crippen molar-refractivity contribution < 1.29 is 0 Å². The zero-order valence-electron chi connectivity index (χ0n) is 11.5. The van der Waals surface area contributed by atoms with Gasteiger partial charge in [0.1, 0.15) is 6.33 Å². The lowest BCUT2D eigenvalue weighted by Crippen LogP contribution is -2.35. The molecule has 1 aliphatic rings. The van der Waals surface area contributed by atoms with Crippen LogP contribution in [0.15, 0.2) is 6.33 Å². The molecule has 19 heavy (non-hydrogen) atoms. The Balaban J connectivity index is 1.99. The molecule has 0 aromatic carbocycles. The fourth-order valence-corrected chi connectivity index (χ4v) is 2.47. The topological polar surface area (TPSA) is 77.8 Å². The second kappa shape index (κ2) is 4.25. The average molecular weight is 261 g/mol. The molecular formula is C12H19N7. The quantitative estimate of drug-likeness (QED) is 0.871. The molecule has 3 rings (SSSR count). The zero-order chi connectivity index (χ0) is 13.6. The van der Waals surface area contributed by atoms with E-state index in [9.17, 15) is 0 Å². The highest BCUT2D eigenvalue weighted by molar-refractivity contribution is 5.66. The second-order valence-electron chi connectivity index (χ2n) is 5.22. The van der Waals surface area contributed by atoms with Crippen LogP contribution in [0.4, 0.5) is 11.5 Å². The summed E-state index contributed by atoms with van der Waals surface area (Å²) in [6, 6.07) is 0.283. The van der Waals surface area contributed by atoms with Crippen LogP contribution in [0.25, 0.3) is 0 Å². The summed E-state index contributed by atoms with van der Waals surface area (Å²) in [4.78, 5) is 2.24. The first-order chi connectivity index (χ1) is 9.08. The van der Waals surface area contributed by atoms with Crippen LogP contribution >= 0.6 is 0 Å². The van der Waals surface area contributed by atoms with Gasteiger partial charge in [-0.15, -0.1) is 10.2 Å². The molecule has 0 amide bonds. The molecule has 0 saturated heterocycles. The van der Waals surface area contributed by atoms with Crippen molar-refractivity contribution in [3.63, 3.8) is 0 Å². The van der Waals surface area contributed by atoms with Crippen molar-refractivity contribution in [2.45, 2.75) is 39.9 Å². The van der Waals surface area contributed by atoms with Gasteiger partial charge >= 0.3 is 0 Å². The highest BCUT2D eigenvalue weighted by atomic mass is 15.4. The Kier molecular flexibility index (Phi) is 2.69. The first kappa shape index (κ1) is 12.0. The molecule has 0 spiro atoms. The van der Waals surface area contributed by atoms with Crippen LogP contribution in [-0.4, -0.2) is 31.1 Å². The molecule has 102 valence electrons. The highest BCUT2D eigenvalue weighted by Crippen LogP contribution is 2.31. The average Bonchev–Trinajstić information content (AvgIpc) is 2.94. The summed E-state index contributed by atoms with van der Waals surface area (Å²) in [6.45, 7) is 8.67. The van der Waals surface area contributed by atoms with Gasteiger partial charge in [0.2, 0.25) is 0 Å². The van der Waals surface area contributed by atoms with Gasteiger partial charge in [-0.3, -0.25) is 0 Å². The molecule has 0 radical (unpaired) electrons. The van der Waals surface area contributed by atoms with Crippen molar-refractivity contribution in [1.82, 2.24) is 24.5 Å². The van der Waals surface area contributed by atoms with Gasteiger partial charge in [0.25, 0.3) is 0 Å². The summed E-state index contributed by atoms with van der Waals surface area (Å²) >= 11 is 0. The molecule has 7 nitrogen and oxygen atoms in total. The molecule has 7 heteroatoms. The molecule has 0 aliphatic carbocycles. The summed E-state index contributed by atoms with van der Waals surface area (Å²) in [5.41, 5.74) is 7.85. The maximum Gasteiger partial charge on any atom is 0.152 e. The minimum Gasteiger partial charge on any atom is -0.394 e. The Morgan fingerprint density at radius 3 is 2.84 bits per heavy atom. The summed E-state index contributed by atoms with van der Waals surface area (Å²) in [7, 11) is 0. The van der Waals surface area contributed by atoms with E-state index in [-0.39, 0.29) is 6.04 Å². The van der Waals surface area contributed by atoms with Gasteiger partial charge < -0.3 is 15.2 Å². The molecule has 1 aliphatic heterocycles. The van der Waals surface area contributed by atoms with Gasteiger partial charge in [0.15, 0.2) is 11.6 Å². The molecule has 0 saturated carbocycles. The summed E-state index contributed by atoms with van der Waals surface area (Å²) in [6.07, 6.45) is 1.78. The Morgan fingerprint density at radius 2 is 2.11 bits per heavy atom. The van der Waals surface area contributed by atoms with E-state index in [0.29, 0.717) is 0 Å². The van der Waals surface area contributed by atoms with Gasteiger partial charge in [0.05, 0.1) is 17.9 Å². The Morgan fingerprint density at radius 1 is 1.32 bits per heavy atom. The zero-order valence-corrected chi connectivity index (χ0v) is 11.5. The van der Waals surface area contributed by atoms with Crippen LogP contribution in [0, 0.1) is 6.92 Å². The number of aromatic nitrogens is 5. The van der Waals surface area contributed by atoms with Crippen LogP contribution in [-0.2, 0) is 13.1 Å². The predicted molar refractivity (Wildman–Crippen MR) is 72.8 cm³/mol. The summed E-state index contributed by atoms with van der Waals surface area (Å²) in [5, 5.41) is 12.6. The van der Waals surface area contributed by atoms with Crippen LogP contribution in [0.3, 0.4) is 0 Å². The van der Waals surface area contributed by atoms with E-state index in [2.05, 4.69) is 38.6 Å². The number of nitrogens with two attached hydrogens (primary N) is 1. The van der Waals surface area contributed by atoms with E-state index in [1.807, 2.05) is 11.6 Å². The van der Waals surface area contributed by atoms with Gasteiger partial charge in [-0.05, 0) is 20.8 Å². The number of nitrogens with zero attached hydrogens (tertiary/aromatic N) is 6. The van der Waals surface area contributed by atoms with Crippen LogP contribution in [0.5, 0.6) is 0 Å². The molecule has 0 unspecified atom stereocenters. The Labute approximate surface area is 112 Å². The number of fused-ring (bicyclic) bond motifs is 1. The monoisotopic (exact) mass is 261 g/mol. The van der Waals surface area contributed by atoms with Crippen LogP contribution in [0.2, 0.25) is 0 Å². The Bertz CT molecular complexity index is 595. The van der Waals surface area contributed by atoms with Gasteiger partial charge in [-0.1, -0.05) is 0 Å². The first-order valence-corrected chi connectivity index (χ1v) is 6.54. The number of hydrogen-bond acceptors (Lipinski definition) is 5. The molecule has 2 aromatic heterocycles.